The minimum Gasteiger partial charge on any atom is -0.242 e. The van der Waals surface area contributed by atoms with E-state index >= 15 is 0 Å². The molecular weight excluding hydrogens is 274 g/mol. The average Bonchev–Trinajstić information content (AvgIpc) is 3.02. The van der Waals surface area contributed by atoms with Gasteiger partial charge >= 0.3 is 0 Å². The summed E-state index contributed by atoms with van der Waals surface area (Å²) in [5, 5.41) is 4.33. The Bertz CT molecular complexity index is 481. The first-order valence-electron chi connectivity index (χ1n) is 6.80. The maximum absolute atomic E-state index is 12.1. The molecule has 1 heterocycles. The van der Waals surface area contributed by atoms with E-state index in [1.807, 2.05) is 20.8 Å². The molecule has 19 heavy (non-hydrogen) atoms. The van der Waals surface area contributed by atoms with Crippen molar-refractivity contribution in [3.05, 3.63) is 28.0 Å². The number of thiophene rings is 1. The Morgan fingerprint density at radius 3 is 2.68 bits per heavy atom. The minimum absolute atomic E-state index is 0.116. The van der Waals surface area contributed by atoms with E-state index in [4.69, 9.17) is 0 Å². The Morgan fingerprint density at radius 2 is 2.11 bits per heavy atom. The normalized spacial score (nSPS) is 19.8. The molecule has 1 N–H and O–H groups in total. The summed E-state index contributed by atoms with van der Waals surface area (Å²) in [4.78, 5) is 0. The molecule has 0 radical (unpaired) electrons. The lowest BCUT2D eigenvalue weighted by molar-refractivity contribution is 0.616. The van der Waals surface area contributed by atoms with Gasteiger partial charge in [-0.05, 0) is 68.3 Å². The lowest BCUT2D eigenvalue weighted by Crippen LogP contribution is -2.34. The molecule has 106 valence electrons. The van der Waals surface area contributed by atoms with Crippen LogP contribution in [0.25, 0.3) is 6.08 Å². The third-order valence-electron chi connectivity index (χ3n) is 3.20. The smallest absolute Gasteiger partial charge is 0.0975 e. The van der Waals surface area contributed by atoms with Crippen LogP contribution < -0.4 is 4.72 Å². The van der Waals surface area contributed by atoms with Gasteiger partial charge in [0.2, 0.25) is 0 Å². The van der Waals surface area contributed by atoms with E-state index in [0.29, 0.717) is 0 Å². The molecule has 4 heteroatoms. The topological polar surface area (TPSA) is 29.1 Å². The van der Waals surface area contributed by atoms with Crippen LogP contribution in [0.2, 0.25) is 0 Å². The highest BCUT2D eigenvalue weighted by Gasteiger charge is 2.23. The molecule has 1 saturated carbocycles. The molecular formula is C15H23NOS2. The highest BCUT2D eigenvalue weighted by molar-refractivity contribution is 7.84. The van der Waals surface area contributed by atoms with Gasteiger partial charge in [0.15, 0.2) is 0 Å². The van der Waals surface area contributed by atoms with E-state index in [1.165, 1.54) is 24.0 Å². The van der Waals surface area contributed by atoms with Crippen LogP contribution in [0.15, 0.2) is 16.8 Å². The fourth-order valence-corrected chi connectivity index (χ4v) is 3.45. The number of hydrogen-bond donors (Lipinski definition) is 1. The van der Waals surface area contributed by atoms with Gasteiger partial charge in [0.25, 0.3) is 0 Å². The Kier molecular flexibility index (Phi) is 4.64. The largest absolute Gasteiger partial charge is 0.242 e. The van der Waals surface area contributed by atoms with Crippen molar-refractivity contribution in [1.29, 1.82) is 0 Å². The standard InChI is InChI=1S/C15H23NOS2/c1-11(16-19(17)15(2,3)4)14-10-18-9-13(14)8-7-12-5-6-12/h7-12,16H,5-6H2,1-4H3/b8-7+/t11-,19+/m1/s1. The monoisotopic (exact) mass is 297 g/mol. The van der Waals surface area contributed by atoms with E-state index in [-0.39, 0.29) is 10.8 Å². The molecule has 1 aromatic heterocycles. The quantitative estimate of drug-likeness (QED) is 0.863. The van der Waals surface area contributed by atoms with Crippen molar-refractivity contribution in [1.82, 2.24) is 4.72 Å². The molecule has 2 nitrogen and oxygen atoms in total. The van der Waals surface area contributed by atoms with Crippen LogP contribution in [0.3, 0.4) is 0 Å². The van der Waals surface area contributed by atoms with Crippen LogP contribution in [0.1, 0.15) is 57.7 Å². The minimum atomic E-state index is -1.03. The fraction of sp³-hybridized carbons (Fsp3) is 0.600. The lowest BCUT2D eigenvalue weighted by Gasteiger charge is -2.22. The molecule has 2 rings (SSSR count). The Hall–Kier alpha value is -0.450. The van der Waals surface area contributed by atoms with Gasteiger partial charge in [-0.25, -0.2) is 8.93 Å². The van der Waals surface area contributed by atoms with Crippen molar-refractivity contribution < 1.29 is 4.21 Å². The second kappa shape index (κ2) is 5.90. The second-order valence-corrected chi connectivity index (χ2v) is 8.94. The maximum atomic E-state index is 12.1. The summed E-state index contributed by atoms with van der Waals surface area (Å²) < 4.78 is 15.1. The van der Waals surface area contributed by atoms with Crippen LogP contribution in [-0.4, -0.2) is 8.96 Å². The highest BCUT2D eigenvalue weighted by atomic mass is 32.2. The van der Waals surface area contributed by atoms with Gasteiger partial charge < -0.3 is 0 Å². The molecule has 0 amide bonds. The van der Waals surface area contributed by atoms with E-state index < -0.39 is 11.0 Å². The fourth-order valence-electron chi connectivity index (χ4n) is 1.73. The average molecular weight is 297 g/mol. The van der Waals surface area contributed by atoms with Crippen molar-refractivity contribution in [3.63, 3.8) is 0 Å². The molecule has 2 atom stereocenters. The van der Waals surface area contributed by atoms with E-state index in [2.05, 4.69) is 34.6 Å². The third kappa shape index (κ3) is 4.26. The number of allylic oxidation sites excluding steroid dienone is 1. The summed E-state index contributed by atoms with van der Waals surface area (Å²) in [6, 6.07) is 0.116. The molecule has 1 fully saturated rings. The summed E-state index contributed by atoms with van der Waals surface area (Å²) >= 11 is 1.71. The van der Waals surface area contributed by atoms with Gasteiger partial charge in [-0.15, -0.1) is 0 Å². The Balaban J connectivity index is 2.04. The molecule has 1 aromatic rings. The number of nitrogens with one attached hydrogen (secondary N) is 1. The van der Waals surface area contributed by atoms with Gasteiger partial charge in [0.05, 0.1) is 15.7 Å². The van der Waals surface area contributed by atoms with E-state index in [9.17, 15) is 4.21 Å². The summed E-state index contributed by atoms with van der Waals surface area (Å²) in [6.07, 6.45) is 7.19. The van der Waals surface area contributed by atoms with Crippen LogP contribution in [0.5, 0.6) is 0 Å². The van der Waals surface area contributed by atoms with Crippen molar-refractivity contribution in [2.45, 2.75) is 51.3 Å². The second-order valence-electron chi connectivity index (χ2n) is 6.20. The maximum Gasteiger partial charge on any atom is 0.0975 e. The predicted octanol–water partition coefficient (Wildman–Crippen LogP) is 4.28. The van der Waals surface area contributed by atoms with E-state index in [0.717, 1.165) is 5.92 Å². The molecule has 0 saturated heterocycles. The van der Waals surface area contributed by atoms with Gasteiger partial charge in [-0.2, -0.15) is 11.3 Å². The van der Waals surface area contributed by atoms with Gasteiger partial charge in [-0.3, -0.25) is 0 Å². The molecule has 0 aromatic carbocycles. The molecule has 1 aliphatic carbocycles. The van der Waals surface area contributed by atoms with Crippen LogP contribution >= 0.6 is 11.3 Å². The molecule has 0 aliphatic heterocycles. The molecule has 0 unspecified atom stereocenters. The van der Waals surface area contributed by atoms with Gasteiger partial charge in [-0.1, -0.05) is 12.2 Å². The highest BCUT2D eigenvalue weighted by Crippen LogP contribution is 2.32. The lowest BCUT2D eigenvalue weighted by atomic mass is 10.1. The SMILES string of the molecule is C[C@@H](N[S@@](=O)C(C)(C)C)c1cscc1/C=C/C1CC1. The first-order chi connectivity index (χ1) is 8.88. The number of rotatable bonds is 5. The van der Waals surface area contributed by atoms with Crippen molar-refractivity contribution in [2.75, 3.05) is 0 Å². The summed E-state index contributed by atoms with van der Waals surface area (Å²) in [5.41, 5.74) is 2.52. The summed E-state index contributed by atoms with van der Waals surface area (Å²) in [5.74, 6) is 0.791. The first-order valence-corrected chi connectivity index (χ1v) is 8.89. The van der Waals surface area contributed by atoms with Crippen molar-refractivity contribution >= 4 is 28.4 Å². The molecule has 0 spiro atoms. The van der Waals surface area contributed by atoms with Crippen molar-refractivity contribution in [3.8, 4) is 0 Å². The zero-order valence-corrected chi connectivity index (χ0v) is 13.7. The van der Waals surface area contributed by atoms with Crippen LogP contribution in [0, 0.1) is 5.92 Å². The third-order valence-corrected chi connectivity index (χ3v) is 5.66. The molecule has 0 bridgehead atoms. The molecule has 1 aliphatic rings. The van der Waals surface area contributed by atoms with Gasteiger partial charge in [0, 0.05) is 6.04 Å². The van der Waals surface area contributed by atoms with Crippen molar-refractivity contribution in [2.24, 2.45) is 5.92 Å². The Morgan fingerprint density at radius 1 is 1.42 bits per heavy atom. The van der Waals surface area contributed by atoms with Gasteiger partial charge in [0.1, 0.15) is 0 Å². The van der Waals surface area contributed by atoms with Crippen LogP contribution in [-0.2, 0) is 11.0 Å². The Labute approximate surface area is 122 Å². The predicted molar refractivity (Wildman–Crippen MR) is 85.5 cm³/mol. The first kappa shape index (κ1) is 14.9. The number of hydrogen-bond acceptors (Lipinski definition) is 2. The zero-order chi connectivity index (χ0) is 14.0. The summed E-state index contributed by atoms with van der Waals surface area (Å²) in [7, 11) is -1.03. The van der Waals surface area contributed by atoms with E-state index in [1.54, 1.807) is 11.3 Å². The summed E-state index contributed by atoms with van der Waals surface area (Å²) in [6.45, 7) is 8.05. The zero-order valence-electron chi connectivity index (χ0n) is 12.1. The van der Waals surface area contributed by atoms with Crippen LogP contribution in [0.4, 0.5) is 0 Å².